The SMILES string of the molecule is COc1cc(C(=O)N2CCCN(C(=O)c3cccc(C)c3)CC2)ccc1OCc1ccccc1Cl. The van der Waals surface area contributed by atoms with E-state index < -0.39 is 0 Å². The smallest absolute Gasteiger partial charge is 0.254 e. The quantitative estimate of drug-likeness (QED) is 0.473. The lowest BCUT2D eigenvalue weighted by atomic mass is 10.1. The predicted molar refractivity (Wildman–Crippen MR) is 136 cm³/mol. The van der Waals surface area contributed by atoms with E-state index in [1.165, 1.54) is 0 Å². The van der Waals surface area contributed by atoms with Crippen molar-refractivity contribution < 1.29 is 19.1 Å². The van der Waals surface area contributed by atoms with Gasteiger partial charge in [-0.25, -0.2) is 0 Å². The number of halogens is 1. The second kappa shape index (κ2) is 11.3. The number of carbonyl (C=O) groups is 2. The van der Waals surface area contributed by atoms with Crippen molar-refractivity contribution in [3.63, 3.8) is 0 Å². The molecule has 1 fully saturated rings. The maximum absolute atomic E-state index is 13.3. The fraction of sp³-hybridized carbons (Fsp3) is 0.286. The summed E-state index contributed by atoms with van der Waals surface area (Å²) in [6, 6.07) is 20.3. The number of hydrogen-bond donors (Lipinski definition) is 0. The van der Waals surface area contributed by atoms with Gasteiger partial charge >= 0.3 is 0 Å². The van der Waals surface area contributed by atoms with Crippen molar-refractivity contribution >= 4 is 23.4 Å². The number of rotatable bonds is 6. The molecule has 35 heavy (non-hydrogen) atoms. The van der Waals surface area contributed by atoms with Crippen LogP contribution in [-0.2, 0) is 6.61 Å². The Morgan fingerprint density at radius 2 is 1.51 bits per heavy atom. The lowest BCUT2D eigenvalue weighted by Gasteiger charge is -2.23. The number of hydrogen-bond acceptors (Lipinski definition) is 4. The Labute approximate surface area is 211 Å². The molecule has 1 aliphatic rings. The molecule has 0 atom stereocenters. The van der Waals surface area contributed by atoms with Gasteiger partial charge in [-0.15, -0.1) is 0 Å². The molecule has 0 spiro atoms. The van der Waals surface area contributed by atoms with E-state index in [1.807, 2.05) is 60.4 Å². The van der Waals surface area contributed by atoms with E-state index in [0.717, 1.165) is 17.5 Å². The molecule has 0 saturated carbocycles. The Hall–Kier alpha value is -3.51. The number of nitrogens with zero attached hydrogens (tertiary/aromatic N) is 2. The van der Waals surface area contributed by atoms with Gasteiger partial charge in [0.05, 0.1) is 7.11 Å². The Balaban J connectivity index is 1.41. The van der Waals surface area contributed by atoms with Crippen LogP contribution >= 0.6 is 11.6 Å². The molecule has 4 rings (SSSR count). The highest BCUT2D eigenvalue weighted by Gasteiger charge is 2.24. The van der Waals surface area contributed by atoms with Crippen LogP contribution in [0.15, 0.2) is 66.7 Å². The molecule has 3 aromatic carbocycles. The Bertz CT molecular complexity index is 1210. The monoisotopic (exact) mass is 492 g/mol. The third kappa shape index (κ3) is 5.95. The molecule has 0 bridgehead atoms. The first kappa shape index (κ1) is 24.6. The number of benzene rings is 3. The van der Waals surface area contributed by atoms with E-state index in [4.69, 9.17) is 21.1 Å². The zero-order valence-corrected chi connectivity index (χ0v) is 20.8. The summed E-state index contributed by atoms with van der Waals surface area (Å²) in [5, 5.41) is 0.634. The van der Waals surface area contributed by atoms with Crippen molar-refractivity contribution in [3.05, 3.63) is 94.0 Å². The lowest BCUT2D eigenvalue weighted by molar-refractivity contribution is 0.0718. The van der Waals surface area contributed by atoms with Crippen LogP contribution in [-0.4, -0.2) is 54.9 Å². The van der Waals surface area contributed by atoms with E-state index in [2.05, 4.69) is 0 Å². The molecule has 1 heterocycles. The molecule has 0 aromatic heterocycles. The van der Waals surface area contributed by atoms with Crippen molar-refractivity contribution in [1.82, 2.24) is 9.80 Å². The number of amides is 2. The maximum atomic E-state index is 13.3. The highest BCUT2D eigenvalue weighted by molar-refractivity contribution is 6.31. The Kier molecular flexibility index (Phi) is 7.93. The fourth-order valence-electron chi connectivity index (χ4n) is 4.16. The second-order valence-corrected chi connectivity index (χ2v) is 8.96. The van der Waals surface area contributed by atoms with Gasteiger partial charge in [0.25, 0.3) is 11.8 Å². The van der Waals surface area contributed by atoms with Crippen molar-refractivity contribution in [1.29, 1.82) is 0 Å². The zero-order valence-electron chi connectivity index (χ0n) is 20.0. The first-order chi connectivity index (χ1) is 17.0. The second-order valence-electron chi connectivity index (χ2n) is 8.55. The summed E-state index contributed by atoms with van der Waals surface area (Å²) < 4.78 is 11.4. The van der Waals surface area contributed by atoms with E-state index in [1.54, 1.807) is 30.2 Å². The molecule has 0 aliphatic carbocycles. The molecule has 1 saturated heterocycles. The van der Waals surface area contributed by atoms with Crippen LogP contribution in [0.25, 0.3) is 0 Å². The average Bonchev–Trinajstić information content (AvgIpc) is 3.13. The summed E-state index contributed by atoms with van der Waals surface area (Å²) in [6.45, 7) is 4.44. The normalized spacial score (nSPS) is 13.8. The Morgan fingerprint density at radius 1 is 0.829 bits per heavy atom. The molecular weight excluding hydrogens is 464 g/mol. The highest BCUT2D eigenvalue weighted by atomic mass is 35.5. The summed E-state index contributed by atoms with van der Waals surface area (Å²) in [5.41, 5.74) is 3.12. The molecule has 182 valence electrons. The molecular formula is C28H29ClN2O4. The van der Waals surface area contributed by atoms with Crippen LogP contribution in [0.1, 0.15) is 38.3 Å². The first-order valence-electron chi connectivity index (χ1n) is 11.7. The number of carbonyl (C=O) groups excluding carboxylic acids is 2. The molecule has 0 N–H and O–H groups in total. The van der Waals surface area contributed by atoms with Gasteiger partial charge in [0.1, 0.15) is 6.61 Å². The summed E-state index contributed by atoms with van der Waals surface area (Å²) in [4.78, 5) is 29.8. The van der Waals surface area contributed by atoms with Gasteiger partial charge in [0.2, 0.25) is 0 Å². The first-order valence-corrected chi connectivity index (χ1v) is 12.0. The van der Waals surface area contributed by atoms with Gasteiger partial charge in [-0.1, -0.05) is 47.5 Å². The van der Waals surface area contributed by atoms with Gasteiger partial charge in [-0.05, 0) is 49.7 Å². The van der Waals surface area contributed by atoms with E-state index in [-0.39, 0.29) is 11.8 Å². The number of methoxy groups -OCH3 is 1. The molecule has 2 amide bonds. The number of aryl methyl sites for hydroxylation is 1. The van der Waals surface area contributed by atoms with Gasteiger partial charge in [-0.3, -0.25) is 9.59 Å². The fourth-order valence-corrected chi connectivity index (χ4v) is 4.35. The summed E-state index contributed by atoms with van der Waals surface area (Å²) in [7, 11) is 1.55. The van der Waals surface area contributed by atoms with Crippen LogP contribution in [0.3, 0.4) is 0 Å². The van der Waals surface area contributed by atoms with Crippen LogP contribution in [0, 0.1) is 6.92 Å². The molecule has 1 aliphatic heterocycles. The number of ether oxygens (including phenoxy) is 2. The molecule has 0 radical (unpaired) electrons. The average molecular weight is 493 g/mol. The topological polar surface area (TPSA) is 59.1 Å². The third-order valence-corrected chi connectivity index (χ3v) is 6.46. The minimum Gasteiger partial charge on any atom is -0.493 e. The van der Waals surface area contributed by atoms with E-state index in [0.29, 0.717) is 60.4 Å². The van der Waals surface area contributed by atoms with Gasteiger partial charge in [0, 0.05) is 47.9 Å². The van der Waals surface area contributed by atoms with Crippen LogP contribution in [0.2, 0.25) is 5.02 Å². The van der Waals surface area contributed by atoms with E-state index >= 15 is 0 Å². The lowest BCUT2D eigenvalue weighted by Crippen LogP contribution is -2.37. The van der Waals surface area contributed by atoms with Crippen molar-refractivity contribution in [3.8, 4) is 11.5 Å². The van der Waals surface area contributed by atoms with Crippen molar-refractivity contribution in [2.75, 3.05) is 33.3 Å². The summed E-state index contributed by atoms with van der Waals surface area (Å²) in [6.07, 6.45) is 0.722. The van der Waals surface area contributed by atoms with Crippen LogP contribution < -0.4 is 9.47 Å². The van der Waals surface area contributed by atoms with Gasteiger partial charge < -0.3 is 19.3 Å². The van der Waals surface area contributed by atoms with Crippen molar-refractivity contribution in [2.45, 2.75) is 20.0 Å². The third-order valence-electron chi connectivity index (χ3n) is 6.09. The van der Waals surface area contributed by atoms with Gasteiger partial charge in [0.15, 0.2) is 11.5 Å². The molecule has 0 unspecified atom stereocenters. The standard InChI is InChI=1S/C28H29ClN2O4/c1-20-7-5-9-21(17-20)27(32)30-13-6-14-31(16-15-30)28(33)22-11-12-25(26(18-22)34-2)35-19-23-8-3-4-10-24(23)29/h3-5,7-12,17-18H,6,13-16,19H2,1-2H3. The maximum Gasteiger partial charge on any atom is 0.254 e. The predicted octanol–water partition coefficient (Wildman–Crippen LogP) is 5.22. The van der Waals surface area contributed by atoms with Crippen LogP contribution in [0.5, 0.6) is 11.5 Å². The summed E-state index contributed by atoms with van der Waals surface area (Å²) in [5.74, 6) is 0.930. The molecule has 7 heteroatoms. The van der Waals surface area contributed by atoms with Crippen LogP contribution in [0.4, 0.5) is 0 Å². The minimum absolute atomic E-state index is 0.00434. The molecule has 6 nitrogen and oxygen atoms in total. The zero-order chi connectivity index (χ0) is 24.8. The Morgan fingerprint density at radius 3 is 2.17 bits per heavy atom. The van der Waals surface area contributed by atoms with Gasteiger partial charge in [-0.2, -0.15) is 0 Å². The minimum atomic E-state index is -0.0918. The highest BCUT2D eigenvalue weighted by Crippen LogP contribution is 2.30. The van der Waals surface area contributed by atoms with Crippen molar-refractivity contribution in [2.24, 2.45) is 0 Å². The summed E-state index contributed by atoms with van der Waals surface area (Å²) >= 11 is 6.22. The largest absolute Gasteiger partial charge is 0.493 e. The van der Waals surface area contributed by atoms with E-state index in [9.17, 15) is 9.59 Å². The molecule has 3 aromatic rings.